The minimum Gasteiger partial charge on any atom is -0.481 e. The van der Waals surface area contributed by atoms with Crippen molar-refractivity contribution in [1.29, 1.82) is 0 Å². The topological polar surface area (TPSA) is 74.6 Å². The third-order valence-corrected chi connectivity index (χ3v) is 4.06. The number of aliphatic carboxylic acids is 2. The molecule has 0 aromatic carbocycles. The molecule has 4 nitrogen and oxygen atoms in total. The molecule has 1 atom stereocenters. The number of carboxylic acid groups (broad SMARTS) is 2. The Bertz CT molecular complexity index is 185. The van der Waals surface area contributed by atoms with E-state index in [1.807, 2.05) is 0 Å². The average molecular weight is 242 g/mol. The van der Waals surface area contributed by atoms with Gasteiger partial charge in [0.1, 0.15) is 5.25 Å². The summed E-state index contributed by atoms with van der Waals surface area (Å²) in [5.74, 6) is -0.925. The third kappa shape index (κ3) is 8.32. The molecule has 0 aliphatic heterocycles. The first-order valence-electron chi connectivity index (χ1n) is 3.41. The number of thiol groups is 1. The quantitative estimate of drug-likeness (QED) is 0.354. The first kappa shape index (κ1) is 13.0. The first-order valence-corrected chi connectivity index (χ1v) is 6.41. The van der Waals surface area contributed by atoms with Crippen LogP contribution in [0.1, 0.15) is 6.42 Å². The van der Waals surface area contributed by atoms with Crippen LogP contribution in [0.2, 0.25) is 0 Å². The molecule has 0 saturated carbocycles. The van der Waals surface area contributed by atoms with Gasteiger partial charge in [0.25, 0.3) is 0 Å². The van der Waals surface area contributed by atoms with E-state index in [0.717, 1.165) is 0 Å². The number of rotatable bonds is 7. The molecule has 0 aromatic heterocycles. The van der Waals surface area contributed by atoms with E-state index in [4.69, 9.17) is 10.2 Å². The Morgan fingerprint density at radius 1 is 1.31 bits per heavy atom. The smallest absolute Gasteiger partial charge is 0.317 e. The molecule has 0 aromatic rings. The van der Waals surface area contributed by atoms with Crippen molar-refractivity contribution in [2.45, 2.75) is 11.7 Å². The normalized spacial score (nSPS) is 12.4. The van der Waals surface area contributed by atoms with Gasteiger partial charge in [-0.15, -0.1) is 0 Å². The highest BCUT2D eigenvalue weighted by molar-refractivity contribution is 8.76. The fraction of sp³-hybridized carbons (Fsp3) is 0.667. The molecule has 0 bridgehead atoms. The highest BCUT2D eigenvalue weighted by Crippen LogP contribution is 2.24. The second kappa shape index (κ2) is 7.40. The Kier molecular flexibility index (Phi) is 7.39. The van der Waals surface area contributed by atoms with Crippen LogP contribution in [0, 0.1) is 0 Å². The highest BCUT2D eigenvalue weighted by Gasteiger charge is 2.11. The monoisotopic (exact) mass is 242 g/mol. The summed E-state index contributed by atoms with van der Waals surface area (Å²) in [4.78, 5) is 20.4. The van der Waals surface area contributed by atoms with Crippen LogP contribution in [0.5, 0.6) is 0 Å². The van der Waals surface area contributed by atoms with Crippen LogP contribution in [-0.4, -0.2) is 38.9 Å². The average Bonchev–Trinajstić information content (AvgIpc) is 2.02. The predicted molar refractivity (Wildman–Crippen MR) is 57.6 cm³/mol. The zero-order valence-electron chi connectivity index (χ0n) is 6.67. The first-order chi connectivity index (χ1) is 6.04. The molecular weight excluding hydrogens is 232 g/mol. The Morgan fingerprint density at radius 2 is 1.92 bits per heavy atom. The van der Waals surface area contributed by atoms with Gasteiger partial charge in [-0.2, -0.15) is 12.6 Å². The zero-order valence-corrected chi connectivity index (χ0v) is 9.20. The molecule has 7 heteroatoms. The Balaban J connectivity index is 3.26. The van der Waals surface area contributed by atoms with Crippen molar-refractivity contribution in [1.82, 2.24) is 0 Å². The minimum atomic E-state index is -0.949. The van der Waals surface area contributed by atoms with Gasteiger partial charge in [-0.1, -0.05) is 21.6 Å². The molecule has 0 fully saturated rings. The molecule has 0 amide bonds. The van der Waals surface area contributed by atoms with Crippen molar-refractivity contribution < 1.29 is 19.8 Å². The van der Waals surface area contributed by atoms with Crippen molar-refractivity contribution >= 4 is 46.2 Å². The predicted octanol–water partition coefficient (Wildman–Crippen LogP) is 1.23. The van der Waals surface area contributed by atoms with Crippen molar-refractivity contribution in [3.8, 4) is 0 Å². The Labute approximate surface area is 89.3 Å². The Morgan fingerprint density at radius 3 is 2.38 bits per heavy atom. The van der Waals surface area contributed by atoms with Crippen LogP contribution in [0.4, 0.5) is 0 Å². The maximum absolute atomic E-state index is 10.3. The highest BCUT2D eigenvalue weighted by atomic mass is 33.1. The van der Waals surface area contributed by atoms with Gasteiger partial charge < -0.3 is 10.2 Å². The van der Waals surface area contributed by atoms with Gasteiger partial charge >= 0.3 is 11.9 Å². The number of carbonyl (C=O) groups is 2. The van der Waals surface area contributed by atoms with Crippen LogP contribution in [0.3, 0.4) is 0 Å². The van der Waals surface area contributed by atoms with Gasteiger partial charge in [0.15, 0.2) is 0 Å². The lowest BCUT2D eigenvalue weighted by molar-refractivity contribution is -0.137. The van der Waals surface area contributed by atoms with E-state index in [-0.39, 0.29) is 6.42 Å². The molecule has 0 aliphatic carbocycles. The van der Waals surface area contributed by atoms with Crippen LogP contribution < -0.4 is 0 Å². The summed E-state index contributed by atoms with van der Waals surface area (Å²) < 4.78 is 0. The molecule has 0 spiro atoms. The van der Waals surface area contributed by atoms with E-state index < -0.39 is 17.2 Å². The molecule has 0 heterocycles. The maximum atomic E-state index is 10.3. The van der Waals surface area contributed by atoms with Gasteiger partial charge in [0, 0.05) is 11.5 Å². The molecule has 76 valence electrons. The fourth-order valence-corrected chi connectivity index (χ4v) is 2.94. The molecular formula is C6H10O4S3. The van der Waals surface area contributed by atoms with Crippen molar-refractivity contribution in [3.63, 3.8) is 0 Å². The third-order valence-electron chi connectivity index (χ3n) is 0.994. The molecule has 2 N–H and O–H groups in total. The number of carboxylic acids is 2. The van der Waals surface area contributed by atoms with E-state index in [0.29, 0.717) is 11.5 Å². The van der Waals surface area contributed by atoms with E-state index in [1.54, 1.807) is 0 Å². The van der Waals surface area contributed by atoms with Gasteiger partial charge in [-0.3, -0.25) is 9.59 Å². The number of hydrogen-bond acceptors (Lipinski definition) is 5. The standard InChI is InChI=1S/C6H10O4S3/c7-5(8)1-2-12-13-3-4(11)6(9)10/h4,11H,1-3H2,(H,7,8)(H,9,10). The summed E-state index contributed by atoms with van der Waals surface area (Å²) in [5.41, 5.74) is 0. The number of hydrogen-bond donors (Lipinski definition) is 3. The summed E-state index contributed by atoms with van der Waals surface area (Å²) in [7, 11) is 2.68. The van der Waals surface area contributed by atoms with Crippen LogP contribution >= 0.6 is 34.2 Å². The molecule has 0 saturated heterocycles. The fourth-order valence-electron chi connectivity index (χ4n) is 0.372. The SMILES string of the molecule is O=C(O)CCSSCC(S)C(=O)O. The molecule has 0 radical (unpaired) electrons. The van der Waals surface area contributed by atoms with Gasteiger partial charge in [-0.05, 0) is 0 Å². The van der Waals surface area contributed by atoms with Crippen LogP contribution in [0.15, 0.2) is 0 Å². The summed E-state index contributed by atoms with van der Waals surface area (Å²) >= 11 is 3.82. The zero-order chi connectivity index (χ0) is 10.3. The molecule has 13 heavy (non-hydrogen) atoms. The second-order valence-corrected chi connectivity index (χ2v) is 5.35. The maximum Gasteiger partial charge on any atom is 0.317 e. The van der Waals surface area contributed by atoms with Gasteiger partial charge in [0.05, 0.1) is 6.42 Å². The lowest BCUT2D eigenvalue weighted by Crippen LogP contribution is -2.15. The lowest BCUT2D eigenvalue weighted by atomic mass is 10.5. The summed E-state index contributed by atoms with van der Waals surface area (Å²) in [6.07, 6.45) is 0.0992. The molecule has 0 aliphatic rings. The largest absolute Gasteiger partial charge is 0.481 e. The minimum absolute atomic E-state index is 0.0992. The van der Waals surface area contributed by atoms with Crippen molar-refractivity contribution in [2.75, 3.05) is 11.5 Å². The van der Waals surface area contributed by atoms with Gasteiger partial charge in [-0.25, -0.2) is 0 Å². The van der Waals surface area contributed by atoms with E-state index in [2.05, 4.69) is 12.6 Å². The lowest BCUT2D eigenvalue weighted by Gasteiger charge is -2.02. The van der Waals surface area contributed by atoms with E-state index in [9.17, 15) is 9.59 Å². The van der Waals surface area contributed by atoms with E-state index in [1.165, 1.54) is 21.6 Å². The van der Waals surface area contributed by atoms with Crippen molar-refractivity contribution in [3.05, 3.63) is 0 Å². The van der Waals surface area contributed by atoms with Crippen LogP contribution in [0.25, 0.3) is 0 Å². The summed E-state index contributed by atoms with van der Waals surface area (Å²) in [6, 6.07) is 0. The van der Waals surface area contributed by atoms with Crippen molar-refractivity contribution in [2.24, 2.45) is 0 Å². The molecule has 1 unspecified atom stereocenters. The molecule has 0 rings (SSSR count). The van der Waals surface area contributed by atoms with Gasteiger partial charge in [0.2, 0.25) is 0 Å². The summed E-state index contributed by atoms with van der Waals surface area (Å²) in [5, 5.41) is 16.0. The van der Waals surface area contributed by atoms with Crippen LogP contribution in [-0.2, 0) is 9.59 Å². The summed E-state index contributed by atoms with van der Waals surface area (Å²) in [6.45, 7) is 0. The van der Waals surface area contributed by atoms with E-state index >= 15 is 0 Å². The second-order valence-electron chi connectivity index (χ2n) is 2.10. The Hall–Kier alpha value is -0.0100.